The molecule has 1 aliphatic heterocycles. The average Bonchev–Trinajstić information content (AvgIpc) is 2.75. The Morgan fingerprint density at radius 2 is 2.14 bits per heavy atom. The summed E-state index contributed by atoms with van der Waals surface area (Å²) < 4.78 is 22.7. The summed E-state index contributed by atoms with van der Waals surface area (Å²) in [4.78, 5) is 11.8. The van der Waals surface area contributed by atoms with Crippen LogP contribution in [0.15, 0.2) is 29.4 Å². The van der Waals surface area contributed by atoms with Crippen LogP contribution >= 0.6 is 11.6 Å². The molecule has 7 heteroatoms. The molecule has 0 aliphatic carbocycles. The summed E-state index contributed by atoms with van der Waals surface area (Å²) in [5.74, 6) is -0.116. The Balaban J connectivity index is 1.92. The van der Waals surface area contributed by atoms with E-state index in [1.165, 1.54) is 0 Å². The van der Waals surface area contributed by atoms with Crippen LogP contribution in [-0.2, 0) is 14.6 Å². The number of hydrazone groups is 1. The van der Waals surface area contributed by atoms with Crippen molar-refractivity contribution in [3.8, 4) is 0 Å². The molecule has 1 aromatic rings. The predicted molar refractivity (Wildman–Crippen MR) is 83.2 cm³/mol. The summed E-state index contributed by atoms with van der Waals surface area (Å²) in [7, 11) is -2.95. The van der Waals surface area contributed by atoms with Gasteiger partial charge in [0.1, 0.15) is 0 Å². The first kappa shape index (κ1) is 16.0. The second kappa shape index (κ2) is 6.58. The Morgan fingerprint density at radius 3 is 2.76 bits per heavy atom. The van der Waals surface area contributed by atoms with E-state index in [0.717, 1.165) is 5.56 Å². The highest BCUT2D eigenvalue weighted by atomic mass is 35.5. The van der Waals surface area contributed by atoms with E-state index in [2.05, 4.69) is 10.5 Å². The normalized spacial score (nSPS) is 21.2. The molecule has 0 bridgehead atoms. The zero-order valence-electron chi connectivity index (χ0n) is 11.7. The zero-order chi connectivity index (χ0) is 15.5. The topological polar surface area (TPSA) is 75.6 Å². The minimum absolute atomic E-state index is 0.0909. The van der Waals surface area contributed by atoms with Crippen LogP contribution in [0, 0.1) is 5.92 Å². The monoisotopic (exact) mass is 328 g/mol. The zero-order valence-corrected chi connectivity index (χ0v) is 13.2. The first-order valence-corrected chi connectivity index (χ1v) is 8.86. The lowest BCUT2D eigenvalue weighted by Gasteiger charge is -2.07. The summed E-state index contributed by atoms with van der Waals surface area (Å²) in [6.07, 6.45) is 0.724. The van der Waals surface area contributed by atoms with E-state index < -0.39 is 9.84 Å². The summed E-state index contributed by atoms with van der Waals surface area (Å²) >= 11 is 6.04. The summed E-state index contributed by atoms with van der Waals surface area (Å²) in [5, 5.41) is 4.58. The lowest BCUT2D eigenvalue weighted by atomic mass is 10.1. The molecular weight excluding hydrogens is 312 g/mol. The lowest BCUT2D eigenvalue weighted by molar-refractivity contribution is -0.121. The van der Waals surface area contributed by atoms with E-state index in [1.807, 2.05) is 18.2 Å². The van der Waals surface area contributed by atoms with Gasteiger partial charge in [-0.1, -0.05) is 29.8 Å². The third kappa shape index (κ3) is 4.54. The molecule has 2 rings (SSSR count). The number of carbonyl (C=O) groups is 1. The van der Waals surface area contributed by atoms with Gasteiger partial charge in [0.05, 0.1) is 17.2 Å². The molecule has 1 saturated heterocycles. The van der Waals surface area contributed by atoms with Gasteiger partial charge in [0, 0.05) is 17.0 Å². The van der Waals surface area contributed by atoms with Crippen LogP contribution in [-0.4, -0.2) is 31.5 Å². The third-order valence-corrected chi connectivity index (χ3v) is 5.58. The molecule has 0 radical (unpaired) electrons. The molecule has 1 aromatic carbocycles. The van der Waals surface area contributed by atoms with Crippen LogP contribution in [0.5, 0.6) is 0 Å². The molecule has 1 aliphatic rings. The molecule has 1 atom stereocenters. The lowest BCUT2D eigenvalue weighted by Crippen LogP contribution is -2.22. The van der Waals surface area contributed by atoms with Gasteiger partial charge in [-0.3, -0.25) is 4.79 Å². The van der Waals surface area contributed by atoms with E-state index in [0.29, 0.717) is 17.2 Å². The van der Waals surface area contributed by atoms with Crippen molar-refractivity contribution in [3.63, 3.8) is 0 Å². The fourth-order valence-corrected chi connectivity index (χ4v) is 4.44. The van der Waals surface area contributed by atoms with Crippen LogP contribution in [0.3, 0.4) is 0 Å². The van der Waals surface area contributed by atoms with Gasteiger partial charge in [-0.25, -0.2) is 13.8 Å². The number of amides is 1. The second-order valence-corrected chi connectivity index (χ2v) is 7.82. The van der Waals surface area contributed by atoms with Gasteiger partial charge in [-0.2, -0.15) is 5.10 Å². The number of hydrogen-bond acceptors (Lipinski definition) is 4. The molecule has 1 amide bonds. The molecular formula is C14H17ClN2O3S. The van der Waals surface area contributed by atoms with Gasteiger partial charge in [-0.05, 0) is 25.3 Å². The van der Waals surface area contributed by atoms with E-state index in [9.17, 15) is 13.2 Å². The average molecular weight is 329 g/mol. The quantitative estimate of drug-likeness (QED) is 0.678. The maximum Gasteiger partial charge on any atom is 0.240 e. The highest BCUT2D eigenvalue weighted by Crippen LogP contribution is 2.21. The maximum atomic E-state index is 11.8. The SMILES string of the molecule is C/C(=N/NC(=O)C[C@@H]1CCS(=O)(=O)C1)c1ccccc1Cl. The highest BCUT2D eigenvalue weighted by molar-refractivity contribution is 7.91. The van der Waals surface area contributed by atoms with Crippen LogP contribution < -0.4 is 5.43 Å². The van der Waals surface area contributed by atoms with Crippen LogP contribution in [0.25, 0.3) is 0 Å². The molecule has 0 aromatic heterocycles. The number of halogens is 1. The van der Waals surface area contributed by atoms with E-state index in [1.54, 1.807) is 13.0 Å². The maximum absolute atomic E-state index is 11.8. The molecule has 0 spiro atoms. The molecule has 0 saturated carbocycles. The first-order chi connectivity index (χ1) is 9.87. The van der Waals surface area contributed by atoms with Crippen LogP contribution in [0.1, 0.15) is 25.3 Å². The summed E-state index contributed by atoms with van der Waals surface area (Å²) in [5.41, 5.74) is 3.82. The van der Waals surface area contributed by atoms with E-state index in [-0.39, 0.29) is 29.8 Å². The van der Waals surface area contributed by atoms with Gasteiger partial charge in [0.2, 0.25) is 5.91 Å². The fraction of sp³-hybridized carbons (Fsp3) is 0.429. The number of nitrogens with one attached hydrogen (secondary N) is 1. The van der Waals surface area contributed by atoms with Gasteiger partial charge < -0.3 is 0 Å². The number of hydrogen-bond donors (Lipinski definition) is 1. The Morgan fingerprint density at radius 1 is 1.43 bits per heavy atom. The van der Waals surface area contributed by atoms with Gasteiger partial charge in [0.25, 0.3) is 0 Å². The largest absolute Gasteiger partial charge is 0.273 e. The number of carbonyl (C=O) groups excluding carboxylic acids is 1. The van der Waals surface area contributed by atoms with Crippen molar-refractivity contribution >= 4 is 33.1 Å². The minimum Gasteiger partial charge on any atom is -0.273 e. The van der Waals surface area contributed by atoms with Crippen molar-refractivity contribution in [2.24, 2.45) is 11.0 Å². The van der Waals surface area contributed by atoms with Crippen molar-refractivity contribution in [1.29, 1.82) is 0 Å². The third-order valence-electron chi connectivity index (χ3n) is 3.41. The Labute approximate surface area is 129 Å². The summed E-state index contributed by atoms with van der Waals surface area (Å²) in [6.45, 7) is 1.75. The number of rotatable bonds is 4. The molecule has 1 heterocycles. The van der Waals surface area contributed by atoms with E-state index in [4.69, 9.17) is 11.6 Å². The number of benzene rings is 1. The Hall–Kier alpha value is -1.40. The highest BCUT2D eigenvalue weighted by Gasteiger charge is 2.29. The Bertz CT molecular complexity index is 671. The Kier molecular flexibility index (Phi) is 5.00. The fourth-order valence-electron chi connectivity index (χ4n) is 2.30. The van der Waals surface area contributed by atoms with Gasteiger partial charge in [0.15, 0.2) is 9.84 Å². The standard InChI is InChI=1S/C14H17ClN2O3S/c1-10(12-4-2-3-5-13(12)15)16-17-14(18)8-11-6-7-21(19,20)9-11/h2-5,11H,6-9H2,1H3,(H,17,18)/b16-10-/t11-/m0/s1. The van der Waals surface area contributed by atoms with Crippen molar-refractivity contribution in [1.82, 2.24) is 5.43 Å². The van der Waals surface area contributed by atoms with E-state index >= 15 is 0 Å². The van der Waals surface area contributed by atoms with Crippen molar-refractivity contribution < 1.29 is 13.2 Å². The summed E-state index contributed by atoms with van der Waals surface area (Å²) in [6, 6.07) is 7.22. The second-order valence-electron chi connectivity index (χ2n) is 5.19. The molecule has 0 unspecified atom stereocenters. The number of sulfone groups is 1. The van der Waals surface area contributed by atoms with Crippen molar-refractivity contribution in [3.05, 3.63) is 34.9 Å². The van der Waals surface area contributed by atoms with Crippen molar-refractivity contribution in [2.45, 2.75) is 19.8 Å². The van der Waals surface area contributed by atoms with Crippen LogP contribution in [0.2, 0.25) is 5.02 Å². The molecule has 5 nitrogen and oxygen atoms in total. The molecule has 114 valence electrons. The predicted octanol–water partition coefficient (Wildman–Crippen LogP) is 2.00. The molecule has 21 heavy (non-hydrogen) atoms. The molecule has 1 fully saturated rings. The van der Waals surface area contributed by atoms with Crippen molar-refractivity contribution in [2.75, 3.05) is 11.5 Å². The number of nitrogens with zero attached hydrogens (tertiary/aromatic N) is 1. The van der Waals surface area contributed by atoms with Crippen LogP contribution in [0.4, 0.5) is 0 Å². The molecule has 1 N–H and O–H groups in total. The smallest absolute Gasteiger partial charge is 0.240 e. The minimum atomic E-state index is -2.95. The first-order valence-electron chi connectivity index (χ1n) is 6.66. The van der Waals surface area contributed by atoms with Gasteiger partial charge >= 0.3 is 0 Å². The van der Waals surface area contributed by atoms with Gasteiger partial charge in [-0.15, -0.1) is 0 Å².